The van der Waals surface area contributed by atoms with Crippen molar-refractivity contribution in [2.75, 3.05) is 21.3 Å². The van der Waals surface area contributed by atoms with Gasteiger partial charge in [0.15, 0.2) is 11.3 Å². The molecule has 0 aliphatic heterocycles. The van der Waals surface area contributed by atoms with E-state index in [2.05, 4.69) is 68.9 Å². The fourth-order valence-corrected chi connectivity index (χ4v) is 9.57. The first-order valence-electron chi connectivity index (χ1n) is 29.0. The number of hydrogen-bond donors (Lipinski definition) is 4. The molecule has 0 aromatic carbocycles. The summed E-state index contributed by atoms with van der Waals surface area (Å²) in [5, 5.41) is 13.7. The Morgan fingerprint density at radius 2 is 0.583 bits per heavy atom. The number of carbonyl (C=O) groups excluding carboxylic acids is 4. The maximum atomic E-state index is 13.6. The van der Waals surface area contributed by atoms with Gasteiger partial charge in [-0.15, -0.1) is 0 Å². The van der Waals surface area contributed by atoms with Gasteiger partial charge < -0.3 is 21.3 Å². The lowest BCUT2D eigenvalue weighted by atomic mass is 9.93. The molecule has 12 heteroatoms. The zero-order valence-electron chi connectivity index (χ0n) is 45.2. The van der Waals surface area contributed by atoms with E-state index in [1.54, 1.807) is 12.1 Å². The van der Waals surface area contributed by atoms with Crippen LogP contribution in [0.1, 0.15) is 246 Å². The van der Waals surface area contributed by atoms with Crippen LogP contribution >= 0.6 is 0 Å². The molecule has 0 bridgehead atoms. The van der Waals surface area contributed by atoms with Crippen LogP contribution in [0.15, 0.2) is 48.5 Å². The highest BCUT2D eigenvalue weighted by Crippen LogP contribution is 2.25. The van der Waals surface area contributed by atoms with Gasteiger partial charge in [0.05, 0.1) is 0 Å². The van der Waals surface area contributed by atoms with Gasteiger partial charge in [0.1, 0.15) is 23.3 Å². The van der Waals surface area contributed by atoms with Crippen LogP contribution in [0.5, 0.6) is 0 Å². The summed E-state index contributed by atoms with van der Waals surface area (Å²) in [6.07, 6.45) is 36.2. The fraction of sp³-hybridized carbons (Fsp3) is 0.667. The van der Waals surface area contributed by atoms with Crippen molar-refractivity contribution in [1.82, 2.24) is 19.9 Å². The molecular formula is C60H94N8O4. The number of amides is 4. The smallest absolute Gasteiger partial charge is 0.228 e. The van der Waals surface area contributed by atoms with Crippen LogP contribution in [-0.4, -0.2) is 43.6 Å². The number of aromatic nitrogens is 4. The number of pyridine rings is 4. The molecule has 0 atom stereocenters. The molecule has 0 radical (unpaired) electrons. The summed E-state index contributed by atoms with van der Waals surface area (Å²) in [5.74, 6) is 1.56. The minimum absolute atomic E-state index is 0.0316. The highest BCUT2D eigenvalue weighted by molar-refractivity contribution is 5.95. The highest BCUT2D eigenvalue weighted by Gasteiger charge is 2.21. The van der Waals surface area contributed by atoms with Crippen LogP contribution in [0, 0.1) is 11.8 Å². The minimum Gasteiger partial charge on any atom is -0.311 e. The molecule has 4 amide bonds. The Bertz CT molecular complexity index is 1980. The lowest BCUT2D eigenvalue weighted by molar-refractivity contribution is -0.121. The second-order valence-corrected chi connectivity index (χ2v) is 20.5. The quantitative estimate of drug-likeness (QED) is 0.0319. The van der Waals surface area contributed by atoms with Gasteiger partial charge in [0.25, 0.3) is 0 Å². The van der Waals surface area contributed by atoms with Crippen LogP contribution in [0.2, 0.25) is 0 Å². The Labute approximate surface area is 434 Å². The lowest BCUT2D eigenvalue weighted by Gasteiger charge is -2.17. The summed E-state index contributed by atoms with van der Waals surface area (Å²) >= 11 is 0. The highest BCUT2D eigenvalue weighted by atomic mass is 16.2. The van der Waals surface area contributed by atoms with Crippen molar-refractivity contribution in [3.63, 3.8) is 0 Å². The van der Waals surface area contributed by atoms with E-state index in [1.807, 2.05) is 36.4 Å². The number of nitrogens with zero attached hydrogens (tertiary/aromatic N) is 4. The first kappa shape index (κ1) is 59.6. The third kappa shape index (κ3) is 24.6. The largest absolute Gasteiger partial charge is 0.311 e. The number of rotatable bonds is 41. The molecule has 4 N–H and O–H groups in total. The average molecular weight is 991 g/mol. The van der Waals surface area contributed by atoms with E-state index in [1.165, 1.54) is 128 Å². The summed E-state index contributed by atoms with van der Waals surface area (Å²) in [7, 11) is 0. The van der Waals surface area contributed by atoms with Crippen LogP contribution in [-0.2, 0) is 19.2 Å². The van der Waals surface area contributed by atoms with Crippen LogP contribution in [0.3, 0.4) is 0 Å². The Balaban J connectivity index is 1.18. The zero-order chi connectivity index (χ0) is 51.4. The molecule has 0 unspecified atom stereocenters. The second-order valence-electron chi connectivity index (χ2n) is 20.5. The molecule has 0 saturated heterocycles. The molecule has 0 saturated carbocycles. The van der Waals surface area contributed by atoms with Crippen molar-refractivity contribution in [3.8, 4) is 0 Å². The Morgan fingerprint density at radius 1 is 0.333 bits per heavy atom. The van der Waals surface area contributed by atoms with Crippen molar-refractivity contribution in [2.24, 2.45) is 11.8 Å². The third-order valence-electron chi connectivity index (χ3n) is 14.1. The van der Waals surface area contributed by atoms with Crippen molar-refractivity contribution in [1.29, 1.82) is 0 Å². The zero-order valence-corrected chi connectivity index (χ0v) is 45.2. The summed E-state index contributed by atoms with van der Waals surface area (Å²) in [6.45, 7) is 8.93. The van der Waals surface area contributed by atoms with E-state index in [0.717, 1.165) is 75.0 Å². The van der Waals surface area contributed by atoms with Gasteiger partial charge in [-0.25, -0.2) is 19.9 Å². The van der Waals surface area contributed by atoms with Gasteiger partial charge in [-0.1, -0.05) is 195 Å². The van der Waals surface area contributed by atoms with Gasteiger partial charge in [-0.2, -0.15) is 0 Å². The minimum atomic E-state index is -0.129. The average Bonchev–Trinajstić information content (AvgIpc) is 3.37. The molecule has 4 aromatic heterocycles. The second kappa shape index (κ2) is 36.8. The predicted molar refractivity (Wildman–Crippen MR) is 300 cm³/mol. The van der Waals surface area contributed by atoms with Gasteiger partial charge in [-0.05, 0) is 87.1 Å². The molecule has 0 spiro atoms. The molecule has 12 nitrogen and oxygen atoms in total. The normalized spacial score (nSPS) is 11.5. The van der Waals surface area contributed by atoms with E-state index in [9.17, 15) is 19.2 Å². The van der Waals surface area contributed by atoms with Gasteiger partial charge in [0, 0.05) is 35.4 Å². The maximum Gasteiger partial charge on any atom is 0.228 e. The SMILES string of the molecule is CCCCCCCCC(CCCCCCCC)C(=O)Nc1ccc2ccc(NC(=O)CCCCCCC(=O)Nc3ccc4ccc(NC(=O)C(CCCCCCCC)CCCCCCCC)nc4n3)nc2n1. The summed E-state index contributed by atoms with van der Waals surface area (Å²) in [6, 6.07) is 14.8. The van der Waals surface area contributed by atoms with Crippen molar-refractivity contribution in [2.45, 2.75) is 246 Å². The summed E-state index contributed by atoms with van der Waals surface area (Å²) in [4.78, 5) is 71.6. The monoisotopic (exact) mass is 991 g/mol. The predicted octanol–water partition coefficient (Wildman–Crippen LogP) is 16.6. The number of anilines is 4. The number of unbranched alkanes of at least 4 members (excludes halogenated alkanes) is 23. The van der Waals surface area contributed by atoms with Gasteiger partial charge in [-0.3, -0.25) is 19.2 Å². The maximum absolute atomic E-state index is 13.6. The van der Waals surface area contributed by atoms with Crippen LogP contribution in [0.25, 0.3) is 22.1 Å². The van der Waals surface area contributed by atoms with Gasteiger partial charge >= 0.3 is 0 Å². The van der Waals surface area contributed by atoms with Crippen molar-refractivity contribution in [3.05, 3.63) is 48.5 Å². The van der Waals surface area contributed by atoms with E-state index in [0.29, 0.717) is 60.2 Å². The Kier molecular flexibility index (Phi) is 30.5. The molecule has 398 valence electrons. The molecule has 4 aromatic rings. The third-order valence-corrected chi connectivity index (χ3v) is 14.1. The van der Waals surface area contributed by atoms with E-state index in [4.69, 9.17) is 0 Å². The molecule has 0 aliphatic carbocycles. The van der Waals surface area contributed by atoms with Crippen LogP contribution < -0.4 is 21.3 Å². The standard InChI is InChI=1S/C60H94N8O4/c1-5-9-13-17-21-27-33-49(34-28-22-18-14-10-6-2)59(71)67-53-45-41-47-39-43-51(63-57(47)65-53)61-55(69)37-31-25-26-32-38-56(70)62-52-44-40-48-42-46-54(66-58(48)64-52)68-60(72)50(35-29-23-19-15-11-7-3)36-30-24-20-16-12-8-4/h39-46,49-50H,5-38H2,1-4H3,(H2,61,63,65,67,69,71)(H2,62,64,66,68,70,72). The lowest BCUT2D eigenvalue weighted by Crippen LogP contribution is -2.23. The van der Waals surface area contributed by atoms with Gasteiger partial charge in [0.2, 0.25) is 23.6 Å². The van der Waals surface area contributed by atoms with E-state index >= 15 is 0 Å². The number of carbonyl (C=O) groups is 4. The molecular weight excluding hydrogens is 897 g/mol. The number of fused-ring (bicyclic) bond motifs is 2. The van der Waals surface area contributed by atoms with E-state index < -0.39 is 0 Å². The summed E-state index contributed by atoms with van der Waals surface area (Å²) in [5.41, 5.74) is 0.939. The van der Waals surface area contributed by atoms with Crippen molar-refractivity contribution >= 4 is 69.0 Å². The summed E-state index contributed by atoms with van der Waals surface area (Å²) < 4.78 is 0. The Hall–Kier alpha value is -5.00. The first-order chi connectivity index (χ1) is 35.2. The van der Waals surface area contributed by atoms with Crippen LogP contribution in [0.4, 0.5) is 23.3 Å². The molecule has 4 rings (SSSR count). The molecule has 0 aliphatic rings. The van der Waals surface area contributed by atoms with E-state index in [-0.39, 0.29) is 35.5 Å². The molecule has 72 heavy (non-hydrogen) atoms. The Morgan fingerprint density at radius 3 is 0.875 bits per heavy atom. The molecule has 4 heterocycles. The molecule has 0 fully saturated rings. The topological polar surface area (TPSA) is 168 Å². The number of nitrogens with one attached hydrogen (secondary N) is 4. The first-order valence-corrected chi connectivity index (χ1v) is 29.0. The fourth-order valence-electron chi connectivity index (χ4n) is 9.57. The van der Waals surface area contributed by atoms with Crippen molar-refractivity contribution < 1.29 is 19.2 Å². The number of hydrogen-bond acceptors (Lipinski definition) is 8.